The monoisotopic (exact) mass is 402 g/mol. The quantitative estimate of drug-likeness (QED) is 0.588. The van der Waals surface area contributed by atoms with Crippen LogP contribution in [-0.4, -0.2) is 21.1 Å². The molecule has 0 amide bonds. The SMILES string of the molecule is Cc1ccc(S(=O)(=O)OCC2CCc3cc(F)cc(-c4ccco4)c3O2)cc1. The maximum Gasteiger partial charge on any atom is 0.297 e. The van der Waals surface area contributed by atoms with E-state index in [1.807, 2.05) is 6.92 Å². The van der Waals surface area contributed by atoms with E-state index in [-0.39, 0.29) is 17.3 Å². The summed E-state index contributed by atoms with van der Waals surface area (Å²) in [6.07, 6.45) is 2.12. The summed E-state index contributed by atoms with van der Waals surface area (Å²) in [5.74, 6) is 0.624. The van der Waals surface area contributed by atoms with Crippen LogP contribution in [0, 0.1) is 12.7 Å². The van der Waals surface area contributed by atoms with Crippen LogP contribution in [0.1, 0.15) is 17.5 Å². The third-order valence-electron chi connectivity index (χ3n) is 4.66. The molecule has 0 spiro atoms. The fraction of sp³-hybridized carbons (Fsp3) is 0.238. The zero-order chi connectivity index (χ0) is 19.7. The third kappa shape index (κ3) is 3.81. The number of ether oxygens (including phenoxy) is 1. The molecule has 1 unspecified atom stereocenters. The molecule has 0 aliphatic carbocycles. The van der Waals surface area contributed by atoms with Crippen molar-refractivity contribution in [3.63, 3.8) is 0 Å². The summed E-state index contributed by atoms with van der Waals surface area (Å²) in [6.45, 7) is 1.76. The van der Waals surface area contributed by atoms with Crippen LogP contribution in [0.3, 0.4) is 0 Å². The molecule has 0 radical (unpaired) electrons. The van der Waals surface area contributed by atoms with Crippen molar-refractivity contribution in [1.82, 2.24) is 0 Å². The van der Waals surface area contributed by atoms with Crippen LogP contribution in [0.4, 0.5) is 4.39 Å². The largest absolute Gasteiger partial charge is 0.487 e. The molecule has 0 saturated heterocycles. The lowest BCUT2D eigenvalue weighted by molar-refractivity contribution is 0.113. The Balaban J connectivity index is 1.52. The predicted octanol–water partition coefficient (Wildman–Crippen LogP) is 4.49. The Bertz CT molecular complexity index is 1070. The van der Waals surface area contributed by atoms with Gasteiger partial charge in [0, 0.05) is 0 Å². The van der Waals surface area contributed by atoms with Crippen LogP contribution in [0.15, 0.2) is 64.1 Å². The van der Waals surface area contributed by atoms with Crippen LogP contribution in [0.2, 0.25) is 0 Å². The van der Waals surface area contributed by atoms with Crippen LogP contribution in [-0.2, 0) is 20.7 Å². The Morgan fingerprint density at radius 3 is 2.68 bits per heavy atom. The van der Waals surface area contributed by atoms with Crippen molar-refractivity contribution in [1.29, 1.82) is 0 Å². The van der Waals surface area contributed by atoms with Gasteiger partial charge in [-0.2, -0.15) is 8.42 Å². The summed E-state index contributed by atoms with van der Waals surface area (Å²) in [5, 5.41) is 0. The van der Waals surface area contributed by atoms with Gasteiger partial charge < -0.3 is 9.15 Å². The van der Waals surface area contributed by atoms with Crippen molar-refractivity contribution in [2.45, 2.75) is 30.8 Å². The lowest BCUT2D eigenvalue weighted by Crippen LogP contribution is -2.29. The van der Waals surface area contributed by atoms with Gasteiger partial charge in [-0.05, 0) is 61.7 Å². The Hall–Kier alpha value is -2.64. The highest BCUT2D eigenvalue weighted by atomic mass is 32.2. The topological polar surface area (TPSA) is 65.7 Å². The first-order valence-corrected chi connectivity index (χ1v) is 10.3. The van der Waals surface area contributed by atoms with Crippen molar-refractivity contribution < 1.29 is 26.1 Å². The average molecular weight is 402 g/mol. The second-order valence-electron chi connectivity index (χ2n) is 6.75. The lowest BCUT2D eigenvalue weighted by atomic mass is 9.98. The lowest BCUT2D eigenvalue weighted by Gasteiger charge is -2.27. The predicted molar refractivity (Wildman–Crippen MR) is 101 cm³/mol. The van der Waals surface area contributed by atoms with Gasteiger partial charge in [0.25, 0.3) is 10.1 Å². The normalized spacial score (nSPS) is 16.4. The summed E-state index contributed by atoms with van der Waals surface area (Å²) in [7, 11) is -3.87. The second kappa shape index (κ2) is 7.41. The van der Waals surface area contributed by atoms with Gasteiger partial charge in [0.05, 0.1) is 16.7 Å². The highest BCUT2D eigenvalue weighted by molar-refractivity contribution is 7.86. The van der Waals surface area contributed by atoms with E-state index in [0.29, 0.717) is 29.9 Å². The Kier molecular flexibility index (Phi) is 4.95. The van der Waals surface area contributed by atoms with E-state index >= 15 is 0 Å². The number of benzene rings is 2. The van der Waals surface area contributed by atoms with Crippen molar-refractivity contribution in [2.75, 3.05) is 6.61 Å². The molecule has 5 nitrogen and oxygen atoms in total. The molecule has 4 rings (SSSR count). The number of fused-ring (bicyclic) bond motifs is 1. The number of hydrogen-bond donors (Lipinski definition) is 0. The molecule has 1 aliphatic heterocycles. The van der Waals surface area contributed by atoms with E-state index in [2.05, 4.69) is 0 Å². The average Bonchev–Trinajstić information content (AvgIpc) is 3.21. The molecular formula is C21H19FO5S. The standard InChI is InChI=1S/C21H19FO5S/c1-14-4-8-18(9-5-14)28(23,24)26-13-17-7-6-15-11-16(22)12-19(21(15)27-17)20-3-2-10-25-20/h2-5,8-12,17H,6-7,13H2,1H3. The summed E-state index contributed by atoms with van der Waals surface area (Å²) >= 11 is 0. The molecule has 1 aliphatic rings. The zero-order valence-corrected chi connectivity index (χ0v) is 16.0. The summed E-state index contributed by atoms with van der Waals surface area (Å²) in [5.41, 5.74) is 2.19. The number of halogens is 1. The van der Waals surface area contributed by atoms with E-state index in [0.717, 1.165) is 11.1 Å². The van der Waals surface area contributed by atoms with Crippen molar-refractivity contribution in [2.24, 2.45) is 0 Å². The molecule has 1 atom stereocenters. The molecule has 1 aromatic heterocycles. The van der Waals surface area contributed by atoms with Crippen LogP contribution >= 0.6 is 0 Å². The molecule has 2 aromatic carbocycles. The van der Waals surface area contributed by atoms with Gasteiger partial charge >= 0.3 is 0 Å². The van der Waals surface area contributed by atoms with E-state index in [1.165, 1.54) is 30.5 Å². The third-order valence-corrected chi connectivity index (χ3v) is 5.95. The summed E-state index contributed by atoms with van der Waals surface area (Å²) in [4.78, 5) is 0.104. The van der Waals surface area contributed by atoms with Gasteiger partial charge in [-0.25, -0.2) is 4.39 Å². The fourth-order valence-corrected chi connectivity index (χ4v) is 4.12. The van der Waals surface area contributed by atoms with Crippen LogP contribution < -0.4 is 4.74 Å². The van der Waals surface area contributed by atoms with E-state index in [1.54, 1.807) is 24.3 Å². The smallest absolute Gasteiger partial charge is 0.297 e. The van der Waals surface area contributed by atoms with Crippen molar-refractivity contribution in [3.8, 4) is 17.1 Å². The van der Waals surface area contributed by atoms with E-state index < -0.39 is 16.2 Å². The molecule has 0 bridgehead atoms. The molecule has 0 saturated carbocycles. The summed E-state index contributed by atoms with van der Waals surface area (Å²) < 4.78 is 55.3. The maximum absolute atomic E-state index is 14.0. The minimum Gasteiger partial charge on any atom is -0.487 e. The number of furan rings is 1. The van der Waals surface area contributed by atoms with Crippen molar-refractivity contribution >= 4 is 10.1 Å². The Morgan fingerprint density at radius 1 is 1.18 bits per heavy atom. The number of rotatable bonds is 5. The Labute approximate surface area is 162 Å². The molecule has 28 heavy (non-hydrogen) atoms. The number of hydrogen-bond acceptors (Lipinski definition) is 5. The molecule has 7 heteroatoms. The Morgan fingerprint density at radius 2 is 1.96 bits per heavy atom. The molecule has 146 valence electrons. The first kappa shape index (κ1) is 18.7. The van der Waals surface area contributed by atoms with Gasteiger partial charge in [-0.1, -0.05) is 17.7 Å². The molecule has 0 fully saturated rings. The zero-order valence-electron chi connectivity index (χ0n) is 15.2. The molecule has 3 aromatic rings. The first-order valence-electron chi connectivity index (χ1n) is 8.91. The van der Waals surface area contributed by atoms with Crippen LogP contribution in [0.5, 0.6) is 5.75 Å². The minimum atomic E-state index is -3.87. The van der Waals surface area contributed by atoms with E-state index in [9.17, 15) is 12.8 Å². The van der Waals surface area contributed by atoms with Gasteiger partial charge in [0.15, 0.2) is 0 Å². The van der Waals surface area contributed by atoms with E-state index in [4.69, 9.17) is 13.3 Å². The van der Waals surface area contributed by atoms with Gasteiger partial charge in [0.2, 0.25) is 0 Å². The minimum absolute atomic E-state index is 0.104. The van der Waals surface area contributed by atoms with Crippen LogP contribution in [0.25, 0.3) is 11.3 Å². The molecular weight excluding hydrogens is 383 g/mol. The fourth-order valence-electron chi connectivity index (χ4n) is 3.19. The first-order chi connectivity index (χ1) is 13.4. The second-order valence-corrected chi connectivity index (χ2v) is 8.36. The highest BCUT2D eigenvalue weighted by Gasteiger charge is 2.27. The highest BCUT2D eigenvalue weighted by Crippen LogP contribution is 2.39. The molecule has 0 N–H and O–H groups in total. The van der Waals surface area contributed by atoms with Gasteiger partial charge in [0.1, 0.15) is 30.0 Å². The summed E-state index contributed by atoms with van der Waals surface area (Å²) in [6, 6.07) is 12.7. The number of aryl methyl sites for hydroxylation is 2. The van der Waals surface area contributed by atoms with Crippen molar-refractivity contribution in [3.05, 3.63) is 71.7 Å². The molecule has 2 heterocycles. The van der Waals surface area contributed by atoms with Gasteiger partial charge in [-0.15, -0.1) is 0 Å². The maximum atomic E-state index is 14.0. The van der Waals surface area contributed by atoms with Gasteiger partial charge in [-0.3, -0.25) is 4.18 Å².